The number of nitrogens with two attached hydrogens (primary N) is 1. The Bertz CT molecular complexity index is 491. The van der Waals surface area contributed by atoms with Crippen LogP contribution < -0.4 is 5.73 Å². The highest BCUT2D eigenvalue weighted by atomic mass is 32.1. The van der Waals surface area contributed by atoms with E-state index in [0.717, 1.165) is 18.1 Å². The molecule has 2 N–H and O–H groups in total. The quantitative estimate of drug-likeness (QED) is 0.878. The summed E-state index contributed by atoms with van der Waals surface area (Å²) in [6.07, 6.45) is 3.12. The highest BCUT2D eigenvalue weighted by Gasteiger charge is 2.27. The maximum atomic E-state index is 5.70. The standard InChI is InChI=1S/C11H12N4S/c12-11-14-9(6-8-2-1-5-16-8)13-10(15-11)7-3-4-7/h1-2,5,7H,3-4,6H2,(H2,12,13,14,15). The number of nitrogen functional groups attached to an aromatic ring is 1. The highest BCUT2D eigenvalue weighted by Crippen LogP contribution is 2.38. The molecule has 0 amide bonds. The minimum Gasteiger partial charge on any atom is -0.368 e. The molecular weight excluding hydrogens is 220 g/mol. The molecule has 1 saturated carbocycles. The van der Waals surface area contributed by atoms with Crippen molar-refractivity contribution in [1.82, 2.24) is 15.0 Å². The average molecular weight is 232 g/mol. The van der Waals surface area contributed by atoms with Crippen LogP contribution in [0.5, 0.6) is 0 Å². The summed E-state index contributed by atoms with van der Waals surface area (Å²) < 4.78 is 0. The molecule has 0 aliphatic heterocycles. The Kier molecular flexibility index (Phi) is 2.32. The van der Waals surface area contributed by atoms with Crippen molar-refractivity contribution in [1.29, 1.82) is 0 Å². The van der Waals surface area contributed by atoms with Crippen molar-refractivity contribution in [2.45, 2.75) is 25.2 Å². The van der Waals surface area contributed by atoms with E-state index in [-0.39, 0.29) is 0 Å². The van der Waals surface area contributed by atoms with Crippen molar-refractivity contribution in [2.75, 3.05) is 5.73 Å². The molecule has 2 aromatic rings. The number of nitrogens with zero attached hydrogens (tertiary/aromatic N) is 3. The zero-order valence-corrected chi connectivity index (χ0v) is 9.57. The molecule has 0 unspecified atom stereocenters. The topological polar surface area (TPSA) is 64.7 Å². The van der Waals surface area contributed by atoms with Crippen LogP contribution in [0.25, 0.3) is 0 Å². The van der Waals surface area contributed by atoms with Gasteiger partial charge in [0, 0.05) is 17.2 Å². The molecule has 16 heavy (non-hydrogen) atoms. The second kappa shape index (κ2) is 3.83. The summed E-state index contributed by atoms with van der Waals surface area (Å²) in [4.78, 5) is 14.1. The Hall–Kier alpha value is -1.49. The molecule has 82 valence electrons. The number of hydrogen-bond donors (Lipinski definition) is 1. The summed E-state index contributed by atoms with van der Waals surface area (Å²) in [7, 11) is 0. The normalized spacial score (nSPS) is 15.2. The molecule has 1 aliphatic carbocycles. The summed E-state index contributed by atoms with van der Waals surface area (Å²) in [6.45, 7) is 0. The molecule has 1 fully saturated rings. The Balaban J connectivity index is 1.88. The summed E-state index contributed by atoms with van der Waals surface area (Å²) in [5, 5.41) is 2.06. The van der Waals surface area contributed by atoms with E-state index in [9.17, 15) is 0 Å². The van der Waals surface area contributed by atoms with Crippen LogP contribution in [0.15, 0.2) is 17.5 Å². The van der Waals surface area contributed by atoms with Crippen LogP contribution in [0.1, 0.15) is 35.3 Å². The highest BCUT2D eigenvalue weighted by molar-refractivity contribution is 7.09. The van der Waals surface area contributed by atoms with Crippen LogP contribution in [-0.4, -0.2) is 15.0 Å². The first kappa shape index (κ1) is 9.72. The van der Waals surface area contributed by atoms with Crippen molar-refractivity contribution < 1.29 is 0 Å². The number of anilines is 1. The van der Waals surface area contributed by atoms with E-state index in [0.29, 0.717) is 11.9 Å². The maximum Gasteiger partial charge on any atom is 0.223 e. The van der Waals surface area contributed by atoms with Crippen molar-refractivity contribution in [3.8, 4) is 0 Å². The molecule has 0 atom stereocenters. The molecule has 0 spiro atoms. The van der Waals surface area contributed by atoms with Gasteiger partial charge in [-0.3, -0.25) is 0 Å². The fraction of sp³-hybridized carbons (Fsp3) is 0.364. The summed E-state index contributed by atoms with van der Waals surface area (Å²) >= 11 is 1.71. The molecule has 2 heterocycles. The molecule has 0 bridgehead atoms. The fourth-order valence-electron chi connectivity index (χ4n) is 1.63. The lowest BCUT2D eigenvalue weighted by atomic mass is 10.3. The van der Waals surface area contributed by atoms with Crippen LogP contribution in [0.2, 0.25) is 0 Å². The van der Waals surface area contributed by atoms with Gasteiger partial charge >= 0.3 is 0 Å². The summed E-state index contributed by atoms with van der Waals surface area (Å²) in [5.41, 5.74) is 5.70. The third-order valence-corrected chi connectivity index (χ3v) is 3.45. The largest absolute Gasteiger partial charge is 0.368 e. The van der Waals surface area contributed by atoms with Gasteiger partial charge in [0.2, 0.25) is 5.95 Å². The van der Waals surface area contributed by atoms with E-state index >= 15 is 0 Å². The lowest BCUT2D eigenvalue weighted by Crippen LogP contribution is -2.06. The minimum absolute atomic E-state index is 0.350. The predicted molar refractivity (Wildman–Crippen MR) is 63.3 cm³/mol. The molecule has 5 heteroatoms. The maximum absolute atomic E-state index is 5.70. The summed E-state index contributed by atoms with van der Waals surface area (Å²) in [6, 6.07) is 4.12. The van der Waals surface area contributed by atoms with Gasteiger partial charge in [0.1, 0.15) is 11.6 Å². The van der Waals surface area contributed by atoms with Gasteiger partial charge in [0.25, 0.3) is 0 Å². The Morgan fingerprint density at radius 1 is 1.31 bits per heavy atom. The molecule has 4 nitrogen and oxygen atoms in total. The van der Waals surface area contributed by atoms with Crippen LogP contribution in [-0.2, 0) is 6.42 Å². The molecule has 1 aliphatic rings. The zero-order valence-electron chi connectivity index (χ0n) is 8.76. The van der Waals surface area contributed by atoms with Gasteiger partial charge in [0.15, 0.2) is 0 Å². The van der Waals surface area contributed by atoms with E-state index in [4.69, 9.17) is 5.73 Å². The smallest absolute Gasteiger partial charge is 0.223 e. The van der Waals surface area contributed by atoms with Crippen LogP contribution in [0.3, 0.4) is 0 Å². The number of hydrogen-bond acceptors (Lipinski definition) is 5. The number of thiophene rings is 1. The first-order valence-corrected chi connectivity index (χ1v) is 6.22. The van der Waals surface area contributed by atoms with E-state index < -0.39 is 0 Å². The van der Waals surface area contributed by atoms with E-state index in [1.54, 1.807) is 11.3 Å². The number of aromatic nitrogens is 3. The molecular formula is C11H12N4S. The van der Waals surface area contributed by atoms with Gasteiger partial charge in [0.05, 0.1) is 0 Å². The molecule has 0 saturated heterocycles. The van der Waals surface area contributed by atoms with Crippen LogP contribution in [0, 0.1) is 0 Å². The molecule has 3 rings (SSSR count). The minimum atomic E-state index is 0.350. The van der Waals surface area contributed by atoms with Crippen molar-refractivity contribution >= 4 is 17.3 Å². The second-order valence-electron chi connectivity index (χ2n) is 4.00. The third kappa shape index (κ3) is 2.04. The average Bonchev–Trinajstić information content (AvgIpc) is 2.98. The third-order valence-electron chi connectivity index (χ3n) is 2.57. The monoisotopic (exact) mass is 232 g/mol. The molecule has 2 aromatic heterocycles. The van der Waals surface area contributed by atoms with Crippen LogP contribution in [0.4, 0.5) is 5.95 Å². The van der Waals surface area contributed by atoms with E-state index in [1.807, 2.05) is 6.07 Å². The van der Waals surface area contributed by atoms with Gasteiger partial charge in [-0.1, -0.05) is 6.07 Å². The first-order chi connectivity index (χ1) is 7.81. The zero-order chi connectivity index (χ0) is 11.0. The first-order valence-electron chi connectivity index (χ1n) is 5.34. The SMILES string of the molecule is Nc1nc(Cc2cccs2)nc(C2CC2)n1. The van der Waals surface area contributed by atoms with Crippen LogP contribution >= 0.6 is 11.3 Å². The predicted octanol–water partition coefficient (Wildman–Crippen LogP) is 1.98. The van der Waals surface area contributed by atoms with Crippen molar-refractivity contribution in [2.24, 2.45) is 0 Å². The second-order valence-corrected chi connectivity index (χ2v) is 5.03. The molecule has 0 aromatic carbocycles. The Labute approximate surface area is 97.6 Å². The van der Waals surface area contributed by atoms with E-state index in [2.05, 4.69) is 26.4 Å². The fourth-order valence-corrected chi connectivity index (χ4v) is 2.33. The Morgan fingerprint density at radius 2 is 2.19 bits per heavy atom. The lowest BCUT2D eigenvalue weighted by molar-refractivity contribution is 0.842. The van der Waals surface area contributed by atoms with Gasteiger partial charge in [-0.2, -0.15) is 9.97 Å². The number of rotatable bonds is 3. The molecule has 0 radical (unpaired) electrons. The Morgan fingerprint density at radius 3 is 2.88 bits per heavy atom. The van der Waals surface area contributed by atoms with Gasteiger partial charge in [-0.25, -0.2) is 4.98 Å². The van der Waals surface area contributed by atoms with Gasteiger partial charge < -0.3 is 5.73 Å². The lowest BCUT2D eigenvalue weighted by Gasteiger charge is -2.02. The van der Waals surface area contributed by atoms with Crippen molar-refractivity contribution in [3.63, 3.8) is 0 Å². The van der Waals surface area contributed by atoms with Gasteiger partial charge in [-0.05, 0) is 24.3 Å². The van der Waals surface area contributed by atoms with Crippen molar-refractivity contribution in [3.05, 3.63) is 34.0 Å². The summed E-state index contributed by atoms with van der Waals surface area (Å²) in [5.74, 6) is 2.53. The van der Waals surface area contributed by atoms with E-state index in [1.165, 1.54) is 17.7 Å². The van der Waals surface area contributed by atoms with Gasteiger partial charge in [-0.15, -0.1) is 11.3 Å².